The molecule has 0 saturated carbocycles. The number of aryl methyl sites for hydroxylation is 1. The summed E-state index contributed by atoms with van der Waals surface area (Å²) < 4.78 is 45.6. The van der Waals surface area contributed by atoms with Crippen molar-refractivity contribution in [2.24, 2.45) is 17.9 Å². The smallest absolute Gasteiger partial charge is 0.416 e. The lowest BCUT2D eigenvalue weighted by molar-refractivity contribution is -0.127. The number of ether oxygens (including phenoxy) is 1. The van der Waals surface area contributed by atoms with Crippen LogP contribution in [-0.4, -0.2) is 59.1 Å². The van der Waals surface area contributed by atoms with E-state index in [9.17, 15) is 22.8 Å². The third-order valence-corrected chi connectivity index (χ3v) is 5.42. The molecule has 0 atom stereocenters. The van der Waals surface area contributed by atoms with Crippen LogP contribution in [0, 0.1) is 0 Å². The summed E-state index contributed by atoms with van der Waals surface area (Å²) in [5, 5.41) is 10.6. The molecule has 0 aliphatic carbocycles. The predicted molar refractivity (Wildman–Crippen MR) is 144 cm³/mol. The van der Waals surface area contributed by atoms with Crippen LogP contribution in [0.3, 0.4) is 0 Å². The minimum absolute atomic E-state index is 0.0462. The predicted octanol–water partition coefficient (Wildman–Crippen LogP) is 3.64. The van der Waals surface area contributed by atoms with E-state index in [1.165, 1.54) is 34.8 Å². The number of nitrogens with zero attached hydrogens (tertiary/aromatic N) is 4. The Morgan fingerprint density at radius 3 is 2.55 bits per heavy atom. The highest BCUT2D eigenvalue weighted by molar-refractivity contribution is 6.01. The van der Waals surface area contributed by atoms with Gasteiger partial charge in [-0.15, -0.1) is 0 Å². The number of aromatic nitrogens is 2. The molecule has 0 aliphatic rings. The van der Waals surface area contributed by atoms with Crippen molar-refractivity contribution in [2.45, 2.75) is 19.7 Å². The van der Waals surface area contributed by atoms with Crippen molar-refractivity contribution in [2.75, 3.05) is 20.6 Å². The first-order valence-electron chi connectivity index (χ1n) is 11.7. The molecular weight excluding hydrogens is 529 g/mol. The molecule has 1 heterocycles. The molecule has 0 saturated heterocycles. The largest absolute Gasteiger partial charge is 0.492 e. The number of likely N-dealkylation sites (N-methyl/N-ethyl adjacent to an activating group) is 1. The van der Waals surface area contributed by atoms with Gasteiger partial charge in [0.2, 0.25) is 5.91 Å². The van der Waals surface area contributed by atoms with Crippen molar-refractivity contribution < 1.29 is 32.3 Å². The number of halogens is 3. The van der Waals surface area contributed by atoms with Crippen LogP contribution in [0.15, 0.2) is 78.3 Å². The summed E-state index contributed by atoms with van der Waals surface area (Å²) in [5.74, 6) is -0.467. The monoisotopic (exact) mass is 560 g/mol. The maximum atomic E-state index is 12.9. The standard InChI is InChI=1S/C27H31F3N6O4/c1-7-21(27(28,29)30)12-11-17(2)39-16-23-22(14-33-36(23)6)18(3)40-34-25(31)19-9-8-10-20(13-19)26(38)32-15-24(37)35(4)5/h7-14H,1,3,15-16H2,2,4-6H3,(H2,31,34)(H,32,38)/b17-11+,21-12+. The highest BCUT2D eigenvalue weighted by Crippen LogP contribution is 2.26. The van der Waals surface area contributed by atoms with Gasteiger partial charge < -0.3 is 25.5 Å². The molecule has 0 bridgehead atoms. The van der Waals surface area contributed by atoms with Crippen LogP contribution in [0.1, 0.15) is 34.1 Å². The fraction of sp³-hybridized carbons (Fsp3) is 0.259. The number of oxime groups is 1. The van der Waals surface area contributed by atoms with Crippen LogP contribution >= 0.6 is 0 Å². The molecule has 2 amide bonds. The van der Waals surface area contributed by atoms with E-state index < -0.39 is 17.7 Å². The normalized spacial score (nSPS) is 12.5. The van der Waals surface area contributed by atoms with Crippen LogP contribution < -0.4 is 11.1 Å². The Labute approximate surface area is 229 Å². The lowest BCUT2D eigenvalue weighted by Gasteiger charge is -2.11. The third-order valence-electron chi connectivity index (χ3n) is 5.42. The Morgan fingerprint density at radius 1 is 1.25 bits per heavy atom. The van der Waals surface area contributed by atoms with E-state index in [2.05, 4.69) is 28.7 Å². The molecular formula is C27H31F3N6O4. The quantitative estimate of drug-likeness (QED) is 0.134. The number of rotatable bonds is 12. The van der Waals surface area contributed by atoms with Crippen LogP contribution in [0.2, 0.25) is 0 Å². The van der Waals surface area contributed by atoms with Gasteiger partial charge in [-0.05, 0) is 31.2 Å². The van der Waals surface area contributed by atoms with Gasteiger partial charge in [-0.3, -0.25) is 14.3 Å². The van der Waals surface area contributed by atoms with E-state index in [0.29, 0.717) is 16.8 Å². The molecule has 0 spiro atoms. The van der Waals surface area contributed by atoms with Crippen molar-refractivity contribution in [1.29, 1.82) is 0 Å². The molecule has 10 nitrogen and oxygen atoms in total. The second-order valence-electron chi connectivity index (χ2n) is 8.56. The summed E-state index contributed by atoms with van der Waals surface area (Å²) >= 11 is 0. The number of carbonyl (C=O) groups excluding carboxylic acids is 2. The fourth-order valence-electron chi connectivity index (χ4n) is 3.02. The van der Waals surface area contributed by atoms with E-state index >= 15 is 0 Å². The number of carbonyl (C=O) groups is 2. The first-order chi connectivity index (χ1) is 18.7. The van der Waals surface area contributed by atoms with Gasteiger partial charge in [0.1, 0.15) is 6.61 Å². The number of nitrogens with one attached hydrogen (secondary N) is 1. The molecule has 13 heteroatoms. The lowest BCUT2D eigenvalue weighted by Crippen LogP contribution is -2.36. The van der Waals surface area contributed by atoms with E-state index in [4.69, 9.17) is 15.3 Å². The van der Waals surface area contributed by atoms with E-state index in [1.54, 1.807) is 39.3 Å². The summed E-state index contributed by atoms with van der Waals surface area (Å²) in [5.41, 5.74) is 6.74. The molecule has 0 fully saturated rings. The number of amides is 2. The molecule has 40 heavy (non-hydrogen) atoms. The first-order valence-corrected chi connectivity index (χ1v) is 11.7. The second-order valence-corrected chi connectivity index (χ2v) is 8.56. The number of hydrogen-bond acceptors (Lipinski definition) is 6. The van der Waals surface area contributed by atoms with Gasteiger partial charge >= 0.3 is 6.18 Å². The average Bonchev–Trinajstić information content (AvgIpc) is 3.28. The maximum absolute atomic E-state index is 12.9. The molecule has 2 aromatic rings. The highest BCUT2D eigenvalue weighted by Gasteiger charge is 2.30. The third kappa shape index (κ3) is 8.89. The molecule has 0 radical (unpaired) electrons. The maximum Gasteiger partial charge on any atom is 0.416 e. The number of allylic oxidation sites excluding steroid dienone is 5. The van der Waals surface area contributed by atoms with Gasteiger partial charge in [0, 0.05) is 32.3 Å². The van der Waals surface area contributed by atoms with Gasteiger partial charge in [-0.25, -0.2) is 0 Å². The Morgan fingerprint density at radius 2 is 1.93 bits per heavy atom. The summed E-state index contributed by atoms with van der Waals surface area (Å²) in [7, 11) is 4.81. The van der Waals surface area contributed by atoms with Gasteiger partial charge in [-0.1, -0.05) is 36.5 Å². The van der Waals surface area contributed by atoms with Crippen molar-refractivity contribution >= 4 is 23.4 Å². The minimum atomic E-state index is -4.52. The van der Waals surface area contributed by atoms with E-state index in [-0.39, 0.29) is 42.0 Å². The molecule has 3 N–H and O–H groups in total. The number of nitrogens with two attached hydrogens (primary N) is 1. The van der Waals surface area contributed by atoms with Gasteiger partial charge in [-0.2, -0.15) is 18.3 Å². The Hall–Kier alpha value is -4.81. The van der Waals surface area contributed by atoms with Gasteiger partial charge in [0.25, 0.3) is 5.91 Å². The molecule has 1 aromatic heterocycles. The number of hydrogen-bond donors (Lipinski definition) is 2. The number of benzene rings is 1. The summed E-state index contributed by atoms with van der Waals surface area (Å²) in [6, 6.07) is 6.27. The van der Waals surface area contributed by atoms with Crippen LogP contribution in [-0.2, 0) is 28.0 Å². The van der Waals surface area contributed by atoms with Crippen LogP contribution in [0.25, 0.3) is 5.76 Å². The van der Waals surface area contributed by atoms with Gasteiger partial charge in [0.05, 0.1) is 35.3 Å². The average molecular weight is 561 g/mol. The molecule has 1 aromatic carbocycles. The fourth-order valence-corrected chi connectivity index (χ4v) is 3.02. The summed E-state index contributed by atoms with van der Waals surface area (Å²) in [6.45, 7) is 8.31. The topological polar surface area (TPSA) is 124 Å². The second kappa shape index (κ2) is 13.8. The minimum Gasteiger partial charge on any atom is -0.492 e. The van der Waals surface area contributed by atoms with Gasteiger partial charge in [0.15, 0.2) is 11.6 Å². The van der Waals surface area contributed by atoms with Crippen molar-refractivity contribution in [3.05, 3.63) is 95.6 Å². The van der Waals surface area contributed by atoms with E-state index in [1.807, 2.05) is 0 Å². The molecule has 0 unspecified atom stereocenters. The van der Waals surface area contributed by atoms with Crippen molar-refractivity contribution in [1.82, 2.24) is 20.0 Å². The highest BCUT2D eigenvalue weighted by atomic mass is 19.4. The number of amidine groups is 1. The SMILES string of the molecule is C=C/C(=C\C=C(/C)OCc1c(C(=C)O/N=C(\N)c2cccc(C(=O)NCC(=O)N(C)C)c2)cnn1C)C(F)(F)F. The molecule has 214 valence electrons. The number of alkyl halides is 3. The summed E-state index contributed by atoms with van der Waals surface area (Å²) in [4.78, 5) is 30.8. The Bertz CT molecular complexity index is 1360. The van der Waals surface area contributed by atoms with Crippen LogP contribution in [0.4, 0.5) is 13.2 Å². The Kier molecular flexibility index (Phi) is 10.9. The van der Waals surface area contributed by atoms with Crippen molar-refractivity contribution in [3.63, 3.8) is 0 Å². The zero-order valence-electron chi connectivity index (χ0n) is 22.6. The summed E-state index contributed by atoms with van der Waals surface area (Å²) in [6.07, 6.45) is -0.286. The zero-order chi connectivity index (χ0) is 30.0. The van der Waals surface area contributed by atoms with Crippen LogP contribution in [0.5, 0.6) is 0 Å². The molecule has 2 rings (SSSR count). The lowest BCUT2D eigenvalue weighted by atomic mass is 10.1. The van der Waals surface area contributed by atoms with E-state index in [0.717, 1.165) is 12.2 Å². The zero-order valence-corrected chi connectivity index (χ0v) is 22.6. The molecule has 0 aliphatic heterocycles. The Balaban J connectivity index is 2.09. The first kappa shape index (κ1) is 31.4. The van der Waals surface area contributed by atoms with Crippen molar-refractivity contribution in [3.8, 4) is 0 Å².